The second-order valence-electron chi connectivity index (χ2n) is 5.53. The third-order valence-electron chi connectivity index (χ3n) is 3.68. The maximum atomic E-state index is 11.8. The number of nitrogens with one attached hydrogen (secondary N) is 1. The summed E-state index contributed by atoms with van der Waals surface area (Å²) in [6, 6.07) is 13.4. The fraction of sp³-hybridized carbons (Fsp3) is 0.286. The van der Waals surface area contributed by atoms with E-state index in [0.29, 0.717) is 18.9 Å². The molecule has 0 aliphatic rings. The molecule has 0 heterocycles. The number of hydrogen-bond acceptors (Lipinski definition) is 3. The van der Waals surface area contributed by atoms with E-state index in [1.807, 2.05) is 49.4 Å². The van der Waals surface area contributed by atoms with Gasteiger partial charge in [-0.3, -0.25) is 4.79 Å². The lowest BCUT2D eigenvalue weighted by Crippen LogP contribution is -2.09. The van der Waals surface area contributed by atoms with Gasteiger partial charge in [0.25, 0.3) is 0 Å². The molecule has 0 aromatic heterocycles. The highest BCUT2D eigenvalue weighted by molar-refractivity contribution is 6.02. The molecular weight excluding hydrogens is 314 g/mol. The molecule has 0 unspecified atom stereocenters. The van der Waals surface area contributed by atoms with Gasteiger partial charge in [0.2, 0.25) is 5.91 Å². The van der Waals surface area contributed by atoms with E-state index in [4.69, 9.17) is 9.47 Å². The number of ether oxygens (including phenoxy) is 2. The number of benzene rings is 2. The Bertz CT molecular complexity index is 725. The molecule has 1 amide bonds. The standard InChI is InChI=1S/C21H25NO3/c1-4-7-14-25-20-11-9-8-10-17(20)18-15-16(24-6-3)12-13-19(18)22-21(23)5-2/h5,8-13,15H,2,4,6-7,14H2,1,3H3,(H,22,23). The summed E-state index contributed by atoms with van der Waals surface area (Å²) < 4.78 is 11.6. The Balaban J connectivity index is 2.45. The average molecular weight is 339 g/mol. The summed E-state index contributed by atoms with van der Waals surface area (Å²) in [5.74, 6) is 1.28. The lowest BCUT2D eigenvalue weighted by molar-refractivity contribution is -0.111. The van der Waals surface area contributed by atoms with E-state index < -0.39 is 0 Å². The van der Waals surface area contributed by atoms with Crippen LogP contribution in [-0.4, -0.2) is 19.1 Å². The normalized spacial score (nSPS) is 10.2. The van der Waals surface area contributed by atoms with Gasteiger partial charge in [0.15, 0.2) is 0 Å². The van der Waals surface area contributed by atoms with Crippen molar-refractivity contribution in [2.75, 3.05) is 18.5 Å². The summed E-state index contributed by atoms with van der Waals surface area (Å²) in [7, 11) is 0. The monoisotopic (exact) mass is 339 g/mol. The highest BCUT2D eigenvalue weighted by Crippen LogP contribution is 2.37. The Morgan fingerprint density at radius 2 is 1.92 bits per heavy atom. The Labute approximate surface area is 149 Å². The first kappa shape index (κ1) is 18.6. The van der Waals surface area contributed by atoms with E-state index in [1.165, 1.54) is 6.08 Å². The van der Waals surface area contributed by atoms with Crippen molar-refractivity contribution in [3.8, 4) is 22.6 Å². The van der Waals surface area contributed by atoms with Crippen molar-refractivity contribution in [3.05, 3.63) is 55.1 Å². The summed E-state index contributed by atoms with van der Waals surface area (Å²) in [5, 5.41) is 2.85. The molecule has 2 rings (SSSR count). The van der Waals surface area contributed by atoms with Crippen LogP contribution >= 0.6 is 0 Å². The molecule has 4 nitrogen and oxygen atoms in total. The van der Waals surface area contributed by atoms with E-state index in [0.717, 1.165) is 35.5 Å². The molecule has 0 saturated heterocycles. The van der Waals surface area contributed by atoms with Crippen LogP contribution in [0, 0.1) is 0 Å². The molecule has 1 N–H and O–H groups in total. The highest BCUT2D eigenvalue weighted by atomic mass is 16.5. The summed E-state index contributed by atoms with van der Waals surface area (Å²) in [6.45, 7) is 8.82. The van der Waals surface area contributed by atoms with Crippen molar-refractivity contribution in [2.24, 2.45) is 0 Å². The van der Waals surface area contributed by atoms with E-state index >= 15 is 0 Å². The molecule has 0 spiro atoms. The maximum Gasteiger partial charge on any atom is 0.247 e. The Morgan fingerprint density at radius 1 is 1.12 bits per heavy atom. The molecule has 0 radical (unpaired) electrons. The summed E-state index contributed by atoms with van der Waals surface area (Å²) >= 11 is 0. The molecule has 0 aliphatic heterocycles. The third-order valence-corrected chi connectivity index (χ3v) is 3.68. The van der Waals surface area contributed by atoms with Gasteiger partial charge in [0.05, 0.1) is 13.2 Å². The van der Waals surface area contributed by atoms with Crippen LogP contribution in [0.3, 0.4) is 0 Å². The largest absolute Gasteiger partial charge is 0.494 e. The number of anilines is 1. The second-order valence-corrected chi connectivity index (χ2v) is 5.53. The molecule has 0 atom stereocenters. The molecule has 0 aliphatic carbocycles. The van der Waals surface area contributed by atoms with Gasteiger partial charge in [0, 0.05) is 16.8 Å². The van der Waals surface area contributed by atoms with Gasteiger partial charge >= 0.3 is 0 Å². The van der Waals surface area contributed by atoms with E-state index in [2.05, 4.69) is 18.8 Å². The van der Waals surface area contributed by atoms with Crippen molar-refractivity contribution in [3.63, 3.8) is 0 Å². The molecule has 0 saturated carbocycles. The van der Waals surface area contributed by atoms with Gasteiger partial charge < -0.3 is 14.8 Å². The van der Waals surface area contributed by atoms with Crippen LogP contribution in [0.2, 0.25) is 0 Å². The number of hydrogen-bond donors (Lipinski definition) is 1. The quantitative estimate of drug-likeness (QED) is 0.513. The summed E-state index contributed by atoms with van der Waals surface area (Å²) in [4.78, 5) is 11.8. The zero-order chi connectivity index (χ0) is 18.1. The van der Waals surface area contributed by atoms with Crippen LogP contribution in [-0.2, 0) is 4.79 Å². The van der Waals surface area contributed by atoms with Crippen LogP contribution in [0.4, 0.5) is 5.69 Å². The first-order valence-electron chi connectivity index (χ1n) is 8.62. The number of unbranched alkanes of at least 4 members (excludes halogenated alkanes) is 1. The highest BCUT2D eigenvalue weighted by Gasteiger charge is 2.13. The number of para-hydroxylation sites is 1. The summed E-state index contributed by atoms with van der Waals surface area (Å²) in [6.07, 6.45) is 3.32. The van der Waals surface area contributed by atoms with Crippen molar-refractivity contribution in [2.45, 2.75) is 26.7 Å². The third kappa shape index (κ3) is 5.11. The van der Waals surface area contributed by atoms with Crippen molar-refractivity contribution < 1.29 is 14.3 Å². The number of carbonyl (C=O) groups excluding carboxylic acids is 1. The van der Waals surface area contributed by atoms with Gasteiger partial charge in [-0.2, -0.15) is 0 Å². The number of rotatable bonds is 9. The molecular formula is C21H25NO3. The lowest BCUT2D eigenvalue weighted by Gasteiger charge is -2.16. The van der Waals surface area contributed by atoms with Gasteiger partial charge in [-0.25, -0.2) is 0 Å². The van der Waals surface area contributed by atoms with Crippen molar-refractivity contribution in [1.29, 1.82) is 0 Å². The fourth-order valence-electron chi connectivity index (χ4n) is 2.44. The number of carbonyl (C=O) groups is 1. The van der Waals surface area contributed by atoms with E-state index in [-0.39, 0.29) is 5.91 Å². The van der Waals surface area contributed by atoms with Gasteiger partial charge in [-0.15, -0.1) is 0 Å². The molecule has 4 heteroatoms. The molecule has 132 valence electrons. The molecule has 2 aromatic carbocycles. The predicted molar refractivity (Wildman–Crippen MR) is 102 cm³/mol. The zero-order valence-electron chi connectivity index (χ0n) is 14.9. The van der Waals surface area contributed by atoms with Crippen LogP contribution < -0.4 is 14.8 Å². The van der Waals surface area contributed by atoms with Gasteiger partial charge in [0.1, 0.15) is 11.5 Å². The fourth-order valence-corrected chi connectivity index (χ4v) is 2.44. The topological polar surface area (TPSA) is 47.6 Å². The van der Waals surface area contributed by atoms with E-state index in [9.17, 15) is 4.79 Å². The average Bonchev–Trinajstić information content (AvgIpc) is 2.64. The Hall–Kier alpha value is -2.75. The van der Waals surface area contributed by atoms with Crippen LogP contribution in [0.25, 0.3) is 11.1 Å². The van der Waals surface area contributed by atoms with Gasteiger partial charge in [-0.1, -0.05) is 38.1 Å². The minimum absolute atomic E-state index is 0.255. The zero-order valence-corrected chi connectivity index (χ0v) is 14.9. The minimum Gasteiger partial charge on any atom is -0.494 e. The smallest absolute Gasteiger partial charge is 0.247 e. The maximum absolute atomic E-state index is 11.8. The van der Waals surface area contributed by atoms with Crippen LogP contribution in [0.15, 0.2) is 55.1 Å². The lowest BCUT2D eigenvalue weighted by atomic mass is 10.0. The first-order valence-corrected chi connectivity index (χ1v) is 8.62. The Morgan fingerprint density at radius 3 is 2.64 bits per heavy atom. The van der Waals surface area contributed by atoms with Crippen molar-refractivity contribution >= 4 is 11.6 Å². The van der Waals surface area contributed by atoms with Crippen LogP contribution in [0.5, 0.6) is 11.5 Å². The second kappa shape index (κ2) is 9.52. The minimum atomic E-state index is -0.255. The first-order chi connectivity index (χ1) is 12.2. The van der Waals surface area contributed by atoms with E-state index in [1.54, 1.807) is 0 Å². The number of amides is 1. The SMILES string of the molecule is C=CC(=O)Nc1ccc(OCC)cc1-c1ccccc1OCCCC. The van der Waals surface area contributed by atoms with Crippen LogP contribution in [0.1, 0.15) is 26.7 Å². The Kier molecular flexibility index (Phi) is 7.08. The molecule has 0 bridgehead atoms. The molecule has 2 aromatic rings. The predicted octanol–water partition coefficient (Wildman–Crippen LogP) is 5.06. The summed E-state index contributed by atoms with van der Waals surface area (Å²) in [5.41, 5.74) is 2.47. The van der Waals surface area contributed by atoms with Gasteiger partial charge in [-0.05, 0) is 43.7 Å². The molecule has 25 heavy (non-hydrogen) atoms. The molecule has 0 fully saturated rings. The van der Waals surface area contributed by atoms with Crippen molar-refractivity contribution in [1.82, 2.24) is 0 Å².